The minimum atomic E-state index is -5.06. The van der Waals surface area contributed by atoms with Gasteiger partial charge in [0, 0.05) is 0 Å². The van der Waals surface area contributed by atoms with Gasteiger partial charge in [-0.2, -0.15) is 25.3 Å². The summed E-state index contributed by atoms with van der Waals surface area (Å²) in [5.41, 5.74) is -0.798. The molecule has 16 heteroatoms. The zero-order chi connectivity index (χ0) is 32.3. The molecule has 3 N–H and O–H groups in total. The molecule has 0 heterocycles. The van der Waals surface area contributed by atoms with Gasteiger partial charge in [-0.15, -0.1) is 0 Å². The fourth-order valence-electron chi connectivity index (χ4n) is 10.1. The Hall–Kier alpha value is 0.610. The fraction of sp³-hybridized carbons (Fsp3) is 1.00. The predicted molar refractivity (Wildman–Crippen MR) is 158 cm³/mol. The van der Waals surface area contributed by atoms with Crippen LogP contribution in [0.1, 0.15) is 99.3 Å². The van der Waals surface area contributed by atoms with Gasteiger partial charge in [-0.25, -0.2) is 12.5 Å². The molecule has 0 aromatic rings. The Morgan fingerprint density at radius 2 is 1.20 bits per heavy atom. The molecule has 0 amide bonds. The first-order chi connectivity index (χ1) is 19.5. The molecule has 252 valence electrons. The maximum Gasteiger partial charge on any atom is 1.00 e. The van der Waals surface area contributed by atoms with Crippen LogP contribution < -0.4 is 29.6 Å². The Kier molecular flexibility index (Phi) is 12.3. The molecule has 1 unspecified atom stereocenters. The average molecular weight is 698 g/mol. The van der Waals surface area contributed by atoms with E-state index in [0.29, 0.717) is 30.1 Å². The van der Waals surface area contributed by atoms with Crippen molar-refractivity contribution in [3.05, 3.63) is 0 Å². The second kappa shape index (κ2) is 13.9. The molecule has 44 heavy (non-hydrogen) atoms. The summed E-state index contributed by atoms with van der Waals surface area (Å²) in [6, 6.07) is 0. The van der Waals surface area contributed by atoms with Crippen LogP contribution in [-0.4, -0.2) is 57.2 Å². The summed E-state index contributed by atoms with van der Waals surface area (Å²) in [7, 11) is -15.0. The van der Waals surface area contributed by atoms with Gasteiger partial charge < -0.3 is 0 Å². The number of rotatable bonds is 11. The van der Waals surface area contributed by atoms with Crippen LogP contribution in [0.4, 0.5) is 0 Å². The van der Waals surface area contributed by atoms with Crippen molar-refractivity contribution in [2.45, 2.75) is 118 Å². The van der Waals surface area contributed by atoms with Crippen LogP contribution in [0.5, 0.6) is 0 Å². The minimum Gasteiger partial charge on any atom is -0.264 e. The Bertz CT molecular complexity index is 1340. The number of fused-ring (bicyclic) bond motifs is 5. The van der Waals surface area contributed by atoms with E-state index in [2.05, 4.69) is 34.6 Å². The van der Waals surface area contributed by atoms with Crippen LogP contribution >= 0.6 is 0 Å². The summed E-state index contributed by atoms with van der Waals surface area (Å²) < 4.78 is 114. The maximum atomic E-state index is 12.0. The molecule has 4 saturated carbocycles. The summed E-state index contributed by atoms with van der Waals surface area (Å²) in [6.07, 6.45) is 1.99. The van der Waals surface area contributed by atoms with Crippen LogP contribution in [0.3, 0.4) is 0 Å². The Labute approximate surface area is 286 Å². The van der Waals surface area contributed by atoms with Gasteiger partial charge in [-0.3, -0.25) is 13.7 Å². The van der Waals surface area contributed by atoms with Crippen molar-refractivity contribution in [1.82, 2.24) is 0 Å². The maximum absolute atomic E-state index is 12.0. The molecular formula is C28H50NaO12S3+. The van der Waals surface area contributed by atoms with Crippen molar-refractivity contribution in [1.29, 1.82) is 0 Å². The van der Waals surface area contributed by atoms with Gasteiger partial charge in [0.1, 0.15) is 12.2 Å². The zero-order valence-corrected chi connectivity index (χ0v) is 31.4. The van der Waals surface area contributed by atoms with Crippen molar-refractivity contribution in [2.24, 2.45) is 58.2 Å². The molecule has 0 aromatic carbocycles. The van der Waals surface area contributed by atoms with E-state index in [-0.39, 0.29) is 65.6 Å². The first kappa shape index (κ1) is 39.1. The molecule has 4 fully saturated rings. The Balaban J connectivity index is 0.00000529. The molecular weight excluding hydrogens is 647 g/mol. The van der Waals surface area contributed by atoms with Gasteiger partial charge in [-0.05, 0) is 103 Å². The summed E-state index contributed by atoms with van der Waals surface area (Å²) >= 11 is 0. The molecule has 4 rings (SSSR count). The Morgan fingerprint density at radius 3 is 1.75 bits per heavy atom. The van der Waals surface area contributed by atoms with Gasteiger partial charge in [0.25, 0.3) is 0 Å². The van der Waals surface area contributed by atoms with Crippen molar-refractivity contribution >= 4 is 31.2 Å². The smallest absolute Gasteiger partial charge is 0.264 e. The fourth-order valence-corrected chi connectivity index (χ4v) is 11.6. The van der Waals surface area contributed by atoms with E-state index in [1.165, 1.54) is 0 Å². The summed E-state index contributed by atoms with van der Waals surface area (Å²) in [4.78, 5) is 0. The van der Waals surface area contributed by atoms with Gasteiger partial charge in [-0.1, -0.05) is 54.4 Å². The minimum absolute atomic E-state index is 0. The molecule has 4 aliphatic carbocycles. The normalized spacial score (nSPS) is 40.8. The van der Waals surface area contributed by atoms with Gasteiger partial charge >= 0.3 is 60.8 Å². The topological polar surface area (TPSA) is 191 Å². The third-order valence-corrected chi connectivity index (χ3v) is 13.8. The van der Waals surface area contributed by atoms with Crippen molar-refractivity contribution < 1.29 is 81.0 Å². The first-order valence-corrected chi connectivity index (χ1v) is 19.6. The molecule has 12 atom stereocenters. The first-order valence-electron chi connectivity index (χ1n) is 15.5. The number of hydrogen-bond donors (Lipinski definition) is 3. The molecule has 0 radical (unpaired) electrons. The van der Waals surface area contributed by atoms with E-state index in [0.717, 1.165) is 38.5 Å². The monoisotopic (exact) mass is 697 g/mol. The number of hydrogen-bond acceptors (Lipinski definition) is 9. The third-order valence-electron chi connectivity index (χ3n) is 12.3. The summed E-state index contributed by atoms with van der Waals surface area (Å²) in [6.45, 7) is 13.4. The van der Waals surface area contributed by atoms with Crippen LogP contribution in [0.15, 0.2) is 0 Å². The molecule has 0 aliphatic heterocycles. The molecule has 4 aliphatic rings. The summed E-state index contributed by atoms with van der Waals surface area (Å²) in [5, 5.41) is 0. The van der Waals surface area contributed by atoms with E-state index in [9.17, 15) is 38.9 Å². The summed E-state index contributed by atoms with van der Waals surface area (Å²) in [5.74, 6) is 1.84. The second-order valence-corrected chi connectivity index (χ2v) is 18.0. The van der Waals surface area contributed by atoms with Gasteiger partial charge in [0.05, 0.1) is 6.10 Å². The largest absolute Gasteiger partial charge is 1.00 e. The van der Waals surface area contributed by atoms with E-state index in [4.69, 9.17) is 12.5 Å². The van der Waals surface area contributed by atoms with Gasteiger partial charge in [0.2, 0.25) is 0 Å². The average Bonchev–Trinajstić information content (AvgIpc) is 3.18. The molecule has 0 aromatic heterocycles. The Morgan fingerprint density at radius 1 is 0.682 bits per heavy atom. The van der Waals surface area contributed by atoms with E-state index in [1.54, 1.807) is 0 Å². The quantitative estimate of drug-likeness (QED) is 0.211. The van der Waals surface area contributed by atoms with Crippen LogP contribution in [0.25, 0.3) is 0 Å². The van der Waals surface area contributed by atoms with Gasteiger partial charge in [0.15, 0.2) is 0 Å². The van der Waals surface area contributed by atoms with Crippen molar-refractivity contribution in [3.8, 4) is 0 Å². The van der Waals surface area contributed by atoms with E-state index >= 15 is 0 Å². The van der Waals surface area contributed by atoms with Crippen LogP contribution in [0, 0.1) is 58.2 Å². The second-order valence-electron chi connectivity index (χ2n) is 14.9. The van der Waals surface area contributed by atoms with E-state index < -0.39 is 60.8 Å². The van der Waals surface area contributed by atoms with E-state index in [1.807, 2.05) is 6.92 Å². The molecule has 0 spiro atoms. The predicted octanol–water partition coefficient (Wildman–Crippen LogP) is 2.14. The zero-order valence-electron chi connectivity index (χ0n) is 27.0. The van der Waals surface area contributed by atoms with Crippen molar-refractivity contribution in [3.63, 3.8) is 0 Å². The SMILES string of the molecule is CC(C)[C@@H](C)CC[C@@H](C)[C@H]1CC[C@H]2[C@@H]3C[C@H](OS(=O)(=O)O)[C@H]4C[C@H](OS(=O)(=O)O)[C@@H](OS(=O)(=O)O)C[C@]4(C)C3CC[C@]12C.[Na+]. The molecule has 0 saturated heterocycles. The molecule has 12 nitrogen and oxygen atoms in total. The van der Waals surface area contributed by atoms with Crippen LogP contribution in [-0.2, 0) is 43.7 Å². The molecule has 0 bridgehead atoms. The third kappa shape index (κ3) is 8.60. The van der Waals surface area contributed by atoms with Crippen molar-refractivity contribution in [2.75, 3.05) is 0 Å². The standard InChI is InChI=1S/C28H50O12S3.Na/c1-16(2)17(3)7-8-18(4)20-9-10-21-19-13-24(38-41(29,30)31)23-14-25(39-42(32,33)34)26(40-43(35,36)37)15-28(23,6)22(19)11-12-27(20,21)5;/h16-26H,7-15H2,1-6H3,(H,29,30,31)(H,32,33,34)(H,35,36,37);/q;+1/t17-,18+,19-,20+,21-,22?,23+,24-,25-,26-,27+,28+;/m0./s1. The van der Waals surface area contributed by atoms with Crippen LogP contribution in [0.2, 0.25) is 0 Å².